The van der Waals surface area contributed by atoms with Crippen molar-refractivity contribution in [2.75, 3.05) is 19.8 Å². The van der Waals surface area contributed by atoms with E-state index in [4.69, 9.17) is 15.2 Å². The SMILES string of the molecule is N[C@@H]1CCc2cc(OCC(=O)NC3CCOCC3)ccc21. The molecule has 2 aliphatic rings. The Hall–Kier alpha value is -1.59. The fourth-order valence-corrected chi connectivity index (χ4v) is 2.98. The highest BCUT2D eigenvalue weighted by Gasteiger charge is 2.20. The number of nitrogens with one attached hydrogen (secondary N) is 1. The number of ether oxygens (including phenoxy) is 2. The number of carbonyl (C=O) groups is 1. The zero-order valence-corrected chi connectivity index (χ0v) is 12.1. The van der Waals surface area contributed by atoms with Crippen LogP contribution in [0.3, 0.4) is 0 Å². The third-order valence-corrected chi connectivity index (χ3v) is 4.19. The minimum Gasteiger partial charge on any atom is -0.484 e. The second-order valence-corrected chi connectivity index (χ2v) is 5.75. The molecule has 21 heavy (non-hydrogen) atoms. The van der Waals surface area contributed by atoms with Gasteiger partial charge < -0.3 is 20.5 Å². The monoisotopic (exact) mass is 290 g/mol. The second-order valence-electron chi connectivity index (χ2n) is 5.75. The Bertz CT molecular complexity index is 512. The molecule has 1 aromatic carbocycles. The summed E-state index contributed by atoms with van der Waals surface area (Å²) in [5.74, 6) is 0.670. The Morgan fingerprint density at radius 1 is 1.33 bits per heavy atom. The molecule has 1 aromatic rings. The van der Waals surface area contributed by atoms with Gasteiger partial charge in [0.15, 0.2) is 6.61 Å². The van der Waals surface area contributed by atoms with Crippen molar-refractivity contribution in [1.29, 1.82) is 0 Å². The molecule has 114 valence electrons. The van der Waals surface area contributed by atoms with Crippen molar-refractivity contribution in [3.05, 3.63) is 29.3 Å². The number of rotatable bonds is 4. The van der Waals surface area contributed by atoms with Gasteiger partial charge >= 0.3 is 0 Å². The Morgan fingerprint density at radius 3 is 2.95 bits per heavy atom. The van der Waals surface area contributed by atoms with Crippen LogP contribution in [0.5, 0.6) is 5.75 Å². The van der Waals surface area contributed by atoms with E-state index < -0.39 is 0 Å². The van der Waals surface area contributed by atoms with Crippen LogP contribution in [0.2, 0.25) is 0 Å². The van der Waals surface area contributed by atoms with Gasteiger partial charge in [-0.2, -0.15) is 0 Å². The summed E-state index contributed by atoms with van der Waals surface area (Å²) in [4.78, 5) is 11.9. The van der Waals surface area contributed by atoms with Crippen LogP contribution in [-0.4, -0.2) is 31.8 Å². The van der Waals surface area contributed by atoms with Crippen LogP contribution < -0.4 is 15.8 Å². The molecule has 0 saturated carbocycles. The van der Waals surface area contributed by atoms with Crippen molar-refractivity contribution in [3.8, 4) is 5.75 Å². The Balaban J connectivity index is 1.49. The summed E-state index contributed by atoms with van der Waals surface area (Å²) in [7, 11) is 0. The molecule has 1 saturated heterocycles. The molecular weight excluding hydrogens is 268 g/mol. The summed E-state index contributed by atoms with van der Waals surface area (Å²) in [6.07, 6.45) is 3.73. The molecule has 1 heterocycles. The van der Waals surface area contributed by atoms with E-state index in [9.17, 15) is 4.79 Å². The predicted octanol–water partition coefficient (Wildman–Crippen LogP) is 1.31. The van der Waals surface area contributed by atoms with Crippen LogP contribution in [0.25, 0.3) is 0 Å². The highest BCUT2D eigenvalue weighted by molar-refractivity contribution is 5.77. The molecule has 1 atom stereocenters. The molecule has 1 aliphatic heterocycles. The summed E-state index contributed by atoms with van der Waals surface area (Å²) in [6.45, 7) is 1.50. The first-order chi connectivity index (χ1) is 10.2. The van der Waals surface area contributed by atoms with Crippen molar-refractivity contribution >= 4 is 5.91 Å². The van der Waals surface area contributed by atoms with E-state index in [1.54, 1.807) is 0 Å². The van der Waals surface area contributed by atoms with E-state index in [0.717, 1.165) is 44.6 Å². The van der Waals surface area contributed by atoms with Gasteiger partial charge in [0, 0.05) is 25.3 Å². The van der Waals surface area contributed by atoms with E-state index in [2.05, 4.69) is 5.32 Å². The third kappa shape index (κ3) is 3.54. The van der Waals surface area contributed by atoms with E-state index in [1.807, 2.05) is 18.2 Å². The van der Waals surface area contributed by atoms with Gasteiger partial charge in [0.25, 0.3) is 5.91 Å². The average molecular weight is 290 g/mol. The molecular formula is C16H22N2O3. The van der Waals surface area contributed by atoms with Crippen LogP contribution in [0.15, 0.2) is 18.2 Å². The molecule has 0 radical (unpaired) electrons. The van der Waals surface area contributed by atoms with E-state index >= 15 is 0 Å². The lowest BCUT2D eigenvalue weighted by Crippen LogP contribution is -2.41. The van der Waals surface area contributed by atoms with Crippen LogP contribution in [-0.2, 0) is 16.0 Å². The maximum Gasteiger partial charge on any atom is 0.258 e. The first kappa shape index (κ1) is 14.4. The molecule has 3 N–H and O–H groups in total. The first-order valence-corrected chi connectivity index (χ1v) is 7.60. The van der Waals surface area contributed by atoms with Gasteiger partial charge in [0.1, 0.15) is 5.75 Å². The predicted molar refractivity (Wildman–Crippen MR) is 79.2 cm³/mol. The van der Waals surface area contributed by atoms with E-state index in [0.29, 0.717) is 0 Å². The lowest BCUT2D eigenvalue weighted by molar-refractivity contribution is -0.124. The molecule has 1 fully saturated rings. The standard InChI is InChI=1S/C16H22N2O3/c17-15-4-1-11-9-13(2-3-14(11)15)21-10-16(19)18-12-5-7-20-8-6-12/h2-3,9,12,15H,1,4-8,10,17H2,(H,18,19)/t15-/m1/s1. The molecule has 3 rings (SSSR count). The zero-order valence-electron chi connectivity index (χ0n) is 12.1. The summed E-state index contributed by atoms with van der Waals surface area (Å²) in [6, 6.07) is 6.27. The number of amides is 1. The number of hydrogen-bond donors (Lipinski definition) is 2. The molecule has 0 aromatic heterocycles. The van der Waals surface area contributed by atoms with Gasteiger partial charge in [0.2, 0.25) is 0 Å². The second kappa shape index (κ2) is 6.45. The first-order valence-electron chi connectivity index (χ1n) is 7.60. The van der Waals surface area contributed by atoms with Gasteiger partial charge in [0.05, 0.1) is 0 Å². The lowest BCUT2D eigenvalue weighted by atomic mass is 10.1. The Labute approximate surface area is 124 Å². The maximum absolute atomic E-state index is 11.9. The van der Waals surface area contributed by atoms with Crippen LogP contribution in [0.1, 0.15) is 36.4 Å². The van der Waals surface area contributed by atoms with Gasteiger partial charge in [-0.15, -0.1) is 0 Å². The topological polar surface area (TPSA) is 73.6 Å². The normalized spacial score (nSPS) is 21.9. The molecule has 1 amide bonds. The highest BCUT2D eigenvalue weighted by Crippen LogP contribution is 2.31. The van der Waals surface area contributed by atoms with Crippen molar-refractivity contribution in [2.24, 2.45) is 5.73 Å². The number of carbonyl (C=O) groups excluding carboxylic acids is 1. The minimum absolute atomic E-state index is 0.0577. The molecule has 1 aliphatic carbocycles. The molecule has 5 nitrogen and oxygen atoms in total. The van der Waals surface area contributed by atoms with Crippen molar-refractivity contribution in [2.45, 2.75) is 37.8 Å². The van der Waals surface area contributed by atoms with Gasteiger partial charge in [-0.3, -0.25) is 4.79 Å². The van der Waals surface area contributed by atoms with E-state index in [1.165, 1.54) is 11.1 Å². The summed E-state index contributed by atoms with van der Waals surface area (Å²) in [5, 5.41) is 2.98. The minimum atomic E-state index is -0.0703. The van der Waals surface area contributed by atoms with Gasteiger partial charge in [-0.1, -0.05) is 6.07 Å². The Morgan fingerprint density at radius 2 is 2.14 bits per heavy atom. The molecule has 0 bridgehead atoms. The number of benzene rings is 1. The average Bonchev–Trinajstić information content (AvgIpc) is 2.87. The zero-order chi connectivity index (χ0) is 14.7. The number of aryl methyl sites for hydroxylation is 1. The fourth-order valence-electron chi connectivity index (χ4n) is 2.98. The third-order valence-electron chi connectivity index (χ3n) is 4.19. The van der Waals surface area contributed by atoms with Crippen LogP contribution in [0, 0.1) is 0 Å². The number of hydrogen-bond acceptors (Lipinski definition) is 4. The van der Waals surface area contributed by atoms with Crippen molar-refractivity contribution in [3.63, 3.8) is 0 Å². The smallest absolute Gasteiger partial charge is 0.258 e. The van der Waals surface area contributed by atoms with Crippen LogP contribution in [0.4, 0.5) is 0 Å². The summed E-state index contributed by atoms with van der Waals surface area (Å²) < 4.78 is 10.9. The maximum atomic E-state index is 11.9. The van der Waals surface area contributed by atoms with Crippen LogP contribution >= 0.6 is 0 Å². The van der Waals surface area contributed by atoms with Crippen molar-refractivity contribution in [1.82, 2.24) is 5.32 Å². The Kier molecular flexibility index (Phi) is 4.41. The quantitative estimate of drug-likeness (QED) is 0.877. The van der Waals surface area contributed by atoms with Gasteiger partial charge in [-0.25, -0.2) is 0 Å². The van der Waals surface area contributed by atoms with Crippen molar-refractivity contribution < 1.29 is 14.3 Å². The highest BCUT2D eigenvalue weighted by atomic mass is 16.5. The van der Waals surface area contributed by atoms with Gasteiger partial charge in [-0.05, 0) is 48.9 Å². The number of fused-ring (bicyclic) bond motifs is 1. The summed E-state index contributed by atoms with van der Waals surface area (Å²) in [5.41, 5.74) is 8.45. The molecule has 5 heteroatoms. The molecule has 0 spiro atoms. The molecule has 0 unspecified atom stereocenters. The largest absolute Gasteiger partial charge is 0.484 e. The number of nitrogens with two attached hydrogens (primary N) is 1. The van der Waals surface area contributed by atoms with E-state index in [-0.39, 0.29) is 24.6 Å². The lowest BCUT2D eigenvalue weighted by Gasteiger charge is -2.23. The fraction of sp³-hybridized carbons (Fsp3) is 0.562. The summed E-state index contributed by atoms with van der Waals surface area (Å²) >= 11 is 0.